The molecule has 0 fully saturated rings. The Kier molecular flexibility index (Phi) is 2.97. The molecule has 0 aliphatic heterocycles. The van der Waals surface area contributed by atoms with E-state index in [1.165, 1.54) is 17.4 Å². The van der Waals surface area contributed by atoms with Gasteiger partial charge in [0.1, 0.15) is 5.01 Å². The molecule has 2 heterocycles. The van der Waals surface area contributed by atoms with Gasteiger partial charge in [-0.1, -0.05) is 0 Å². The Morgan fingerprint density at radius 3 is 2.93 bits per heavy atom. The highest BCUT2D eigenvalue weighted by molar-refractivity contribution is 7.13. The van der Waals surface area contributed by atoms with Crippen molar-refractivity contribution >= 4 is 17.4 Å². The quantitative estimate of drug-likeness (QED) is 0.584. The second-order valence-electron chi connectivity index (χ2n) is 2.79. The fraction of sp³-hybridized carbons (Fsp3) is 0.100. The largest absolute Gasteiger partial charge is 0.265 e. The number of isocyanates is 1. The van der Waals surface area contributed by atoms with Crippen molar-refractivity contribution in [3.05, 3.63) is 35.6 Å². The van der Waals surface area contributed by atoms with Gasteiger partial charge in [-0.3, -0.25) is 4.98 Å². The molecule has 15 heavy (non-hydrogen) atoms. The topological polar surface area (TPSA) is 55.2 Å². The molecule has 0 aromatic carbocycles. The van der Waals surface area contributed by atoms with Gasteiger partial charge in [0.05, 0.1) is 12.2 Å². The predicted molar refractivity (Wildman–Crippen MR) is 57.2 cm³/mol. The normalized spacial score (nSPS) is 9.60. The highest BCUT2D eigenvalue weighted by Crippen LogP contribution is 2.22. The van der Waals surface area contributed by atoms with Crippen molar-refractivity contribution in [1.29, 1.82) is 0 Å². The maximum absolute atomic E-state index is 9.93. The van der Waals surface area contributed by atoms with Crippen LogP contribution in [0.1, 0.15) is 5.69 Å². The van der Waals surface area contributed by atoms with Crippen LogP contribution < -0.4 is 0 Å². The Hall–Kier alpha value is -1.84. The number of nitrogens with zero attached hydrogens (tertiary/aromatic N) is 3. The van der Waals surface area contributed by atoms with Crippen molar-refractivity contribution in [3.63, 3.8) is 0 Å². The van der Waals surface area contributed by atoms with Gasteiger partial charge in [-0.15, -0.1) is 11.3 Å². The van der Waals surface area contributed by atoms with E-state index in [4.69, 9.17) is 0 Å². The highest BCUT2D eigenvalue weighted by Gasteiger charge is 2.03. The second-order valence-corrected chi connectivity index (χ2v) is 3.65. The monoisotopic (exact) mass is 217 g/mol. The zero-order valence-corrected chi connectivity index (χ0v) is 8.57. The number of aromatic nitrogens is 2. The van der Waals surface area contributed by atoms with Gasteiger partial charge in [0.2, 0.25) is 6.08 Å². The lowest BCUT2D eigenvalue weighted by Gasteiger charge is -1.92. The minimum atomic E-state index is 0.297. The van der Waals surface area contributed by atoms with Crippen LogP contribution in [0.4, 0.5) is 0 Å². The number of hydrogen-bond acceptors (Lipinski definition) is 5. The summed E-state index contributed by atoms with van der Waals surface area (Å²) >= 11 is 1.52. The molecule has 0 saturated carbocycles. The number of hydrogen-bond donors (Lipinski definition) is 0. The summed E-state index contributed by atoms with van der Waals surface area (Å²) in [6.45, 7) is 0.297. The van der Waals surface area contributed by atoms with Crippen LogP contribution in [-0.4, -0.2) is 16.0 Å². The molecular weight excluding hydrogens is 210 g/mol. The molecular formula is C10H7N3OS. The molecule has 2 rings (SSSR count). The number of pyridine rings is 1. The van der Waals surface area contributed by atoms with Crippen molar-refractivity contribution in [2.45, 2.75) is 6.54 Å². The van der Waals surface area contributed by atoms with Gasteiger partial charge in [0, 0.05) is 23.3 Å². The lowest BCUT2D eigenvalue weighted by Crippen LogP contribution is -1.82. The minimum absolute atomic E-state index is 0.297. The Morgan fingerprint density at radius 2 is 2.20 bits per heavy atom. The van der Waals surface area contributed by atoms with E-state index in [-0.39, 0.29) is 0 Å². The summed E-state index contributed by atoms with van der Waals surface area (Å²) in [5, 5.41) is 2.80. The summed E-state index contributed by atoms with van der Waals surface area (Å²) in [6, 6.07) is 3.79. The lowest BCUT2D eigenvalue weighted by molar-refractivity contribution is 0.562. The summed E-state index contributed by atoms with van der Waals surface area (Å²) < 4.78 is 0. The van der Waals surface area contributed by atoms with Crippen LogP contribution in [0.15, 0.2) is 34.9 Å². The Morgan fingerprint density at radius 1 is 1.40 bits per heavy atom. The Balaban J connectivity index is 2.24. The Labute approximate surface area is 90.4 Å². The first kappa shape index (κ1) is 9.71. The van der Waals surface area contributed by atoms with Crippen molar-refractivity contribution < 1.29 is 4.79 Å². The Bertz CT molecular complexity index is 488. The molecule has 0 radical (unpaired) electrons. The number of rotatable bonds is 3. The average Bonchev–Trinajstić information content (AvgIpc) is 2.76. The first-order valence-corrected chi connectivity index (χ1v) is 5.16. The van der Waals surface area contributed by atoms with Crippen LogP contribution in [0.2, 0.25) is 0 Å². The lowest BCUT2D eigenvalue weighted by atomic mass is 10.3. The van der Waals surface area contributed by atoms with E-state index in [2.05, 4.69) is 15.0 Å². The van der Waals surface area contributed by atoms with Gasteiger partial charge in [0.15, 0.2) is 0 Å². The van der Waals surface area contributed by atoms with Gasteiger partial charge in [0.25, 0.3) is 0 Å². The number of carbonyl (C=O) groups excluding carboxylic acids is 1. The minimum Gasteiger partial charge on any atom is -0.265 e. The van der Waals surface area contributed by atoms with Crippen LogP contribution in [0.3, 0.4) is 0 Å². The van der Waals surface area contributed by atoms with Crippen molar-refractivity contribution in [3.8, 4) is 10.6 Å². The van der Waals surface area contributed by atoms with E-state index in [0.717, 1.165) is 16.3 Å². The average molecular weight is 217 g/mol. The summed E-state index contributed by atoms with van der Waals surface area (Å²) in [4.78, 5) is 21.7. The summed E-state index contributed by atoms with van der Waals surface area (Å²) in [7, 11) is 0. The fourth-order valence-corrected chi connectivity index (χ4v) is 1.94. The molecule has 74 valence electrons. The van der Waals surface area contributed by atoms with Gasteiger partial charge in [-0.25, -0.2) is 9.78 Å². The van der Waals surface area contributed by atoms with Crippen LogP contribution in [-0.2, 0) is 11.3 Å². The predicted octanol–water partition coefficient (Wildman–Crippen LogP) is 2.04. The summed E-state index contributed by atoms with van der Waals surface area (Å²) in [5.74, 6) is 0. The van der Waals surface area contributed by atoms with Gasteiger partial charge < -0.3 is 0 Å². The highest BCUT2D eigenvalue weighted by atomic mass is 32.1. The molecule has 0 spiro atoms. The SMILES string of the molecule is O=C=NCc1csc(-c2ccncc2)n1. The molecule has 0 N–H and O–H groups in total. The zero-order chi connectivity index (χ0) is 10.5. The third-order valence-electron chi connectivity index (χ3n) is 1.78. The smallest absolute Gasteiger partial charge is 0.235 e. The van der Waals surface area contributed by atoms with Crippen molar-refractivity contribution in [2.24, 2.45) is 4.99 Å². The van der Waals surface area contributed by atoms with E-state index in [1.54, 1.807) is 12.4 Å². The second kappa shape index (κ2) is 4.59. The van der Waals surface area contributed by atoms with Crippen LogP contribution >= 0.6 is 11.3 Å². The van der Waals surface area contributed by atoms with Crippen LogP contribution in [0.25, 0.3) is 10.6 Å². The van der Waals surface area contributed by atoms with E-state index >= 15 is 0 Å². The fourth-order valence-electron chi connectivity index (χ4n) is 1.12. The number of aliphatic imine (C=N–C) groups is 1. The maximum atomic E-state index is 9.93. The molecule has 0 saturated heterocycles. The molecule has 2 aromatic heterocycles. The molecule has 5 heteroatoms. The summed E-state index contributed by atoms with van der Waals surface area (Å²) in [6.07, 6.45) is 4.94. The van der Waals surface area contributed by atoms with Crippen LogP contribution in [0.5, 0.6) is 0 Å². The molecule has 0 atom stereocenters. The van der Waals surface area contributed by atoms with Crippen molar-refractivity contribution in [2.75, 3.05) is 0 Å². The van der Waals surface area contributed by atoms with Crippen molar-refractivity contribution in [1.82, 2.24) is 9.97 Å². The van der Waals surface area contributed by atoms with E-state index in [9.17, 15) is 4.79 Å². The molecule has 0 aliphatic rings. The molecule has 0 aliphatic carbocycles. The zero-order valence-electron chi connectivity index (χ0n) is 7.75. The van der Waals surface area contributed by atoms with Gasteiger partial charge >= 0.3 is 0 Å². The molecule has 2 aromatic rings. The van der Waals surface area contributed by atoms with E-state index < -0.39 is 0 Å². The molecule has 0 amide bonds. The van der Waals surface area contributed by atoms with Crippen LogP contribution in [0, 0.1) is 0 Å². The van der Waals surface area contributed by atoms with E-state index in [1.807, 2.05) is 17.5 Å². The summed E-state index contributed by atoms with van der Waals surface area (Å²) in [5.41, 5.74) is 1.81. The van der Waals surface area contributed by atoms with Gasteiger partial charge in [-0.2, -0.15) is 4.99 Å². The number of thiazole rings is 1. The third kappa shape index (κ3) is 2.34. The van der Waals surface area contributed by atoms with E-state index in [0.29, 0.717) is 6.54 Å². The van der Waals surface area contributed by atoms with Gasteiger partial charge in [-0.05, 0) is 12.1 Å². The first-order chi connectivity index (χ1) is 7.40. The molecule has 0 unspecified atom stereocenters. The molecule has 0 bridgehead atoms. The standard InChI is InChI=1S/C10H7N3OS/c14-7-12-5-9-6-15-10(13-9)8-1-3-11-4-2-8/h1-4,6H,5H2. The first-order valence-electron chi connectivity index (χ1n) is 4.28. The maximum Gasteiger partial charge on any atom is 0.235 e. The molecule has 4 nitrogen and oxygen atoms in total. The third-order valence-corrected chi connectivity index (χ3v) is 2.72.